The van der Waals surface area contributed by atoms with Gasteiger partial charge in [-0.3, -0.25) is 0 Å². The van der Waals surface area contributed by atoms with Crippen LogP contribution in [-0.2, 0) is 6.42 Å². The topological polar surface area (TPSA) is 79.1 Å². The Morgan fingerprint density at radius 2 is 1.37 bits per heavy atom. The number of benzene rings is 2. The van der Waals surface area contributed by atoms with Crippen LogP contribution in [0, 0.1) is 6.92 Å². The van der Waals surface area contributed by atoms with Crippen LogP contribution in [0.15, 0.2) is 36.4 Å². The molecular weight excluding hydrogens is 432 g/mol. The van der Waals surface area contributed by atoms with Gasteiger partial charge in [-0.1, -0.05) is 50.6 Å². The van der Waals surface area contributed by atoms with Gasteiger partial charge in [0, 0.05) is 34.6 Å². The van der Waals surface area contributed by atoms with Crippen molar-refractivity contribution in [2.45, 2.75) is 47.0 Å². The van der Waals surface area contributed by atoms with Crippen LogP contribution < -0.4 is 16.4 Å². The molecule has 0 bridgehead atoms. The Hall–Kier alpha value is -2.96. The van der Waals surface area contributed by atoms with Crippen molar-refractivity contribution in [3.63, 3.8) is 0 Å². The minimum Gasteiger partial charge on any atom is -0.369 e. The molecule has 0 fully saturated rings. The monoisotopic (exact) mass is 474 g/mol. The number of aryl methyl sites for hydroxylation is 2. The van der Waals surface area contributed by atoms with Gasteiger partial charge in [-0.15, -0.1) is 0 Å². The second-order valence-corrected chi connectivity index (χ2v) is 9.05. The van der Waals surface area contributed by atoms with E-state index in [0.29, 0.717) is 6.54 Å². The molecule has 0 radical (unpaired) electrons. The largest absolute Gasteiger partial charge is 0.369 e. The van der Waals surface area contributed by atoms with Crippen LogP contribution in [0.1, 0.15) is 44.7 Å². The van der Waals surface area contributed by atoms with Crippen molar-refractivity contribution in [3.8, 4) is 0 Å². The highest BCUT2D eigenvalue weighted by molar-refractivity contribution is 6.18. The molecule has 188 valence electrons. The molecule has 0 unspecified atom stereocenters. The van der Waals surface area contributed by atoms with Crippen molar-refractivity contribution in [2.75, 3.05) is 50.9 Å². The Labute approximate surface area is 210 Å². The second-order valence-electron chi connectivity index (χ2n) is 9.05. The first-order valence-corrected chi connectivity index (χ1v) is 13.0. The fourth-order valence-electron chi connectivity index (χ4n) is 4.28. The molecule has 2 aromatic heterocycles. The third-order valence-electron chi connectivity index (χ3n) is 6.11. The molecule has 0 aliphatic rings. The van der Waals surface area contributed by atoms with E-state index in [1.165, 1.54) is 11.1 Å². The number of nitrogens with two attached hydrogens (primary N) is 1. The maximum atomic E-state index is 5.72. The van der Waals surface area contributed by atoms with Gasteiger partial charge in [0.1, 0.15) is 11.6 Å². The molecule has 35 heavy (non-hydrogen) atoms. The number of rotatable bonds is 10. The van der Waals surface area contributed by atoms with Gasteiger partial charge in [0.15, 0.2) is 0 Å². The lowest BCUT2D eigenvalue weighted by molar-refractivity contribution is 0.405. The number of anilines is 2. The van der Waals surface area contributed by atoms with Crippen molar-refractivity contribution in [2.24, 2.45) is 5.73 Å². The second kappa shape index (κ2) is 12.7. The molecule has 0 saturated heterocycles. The summed E-state index contributed by atoms with van der Waals surface area (Å²) in [5.41, 5.74) is 10.1. The number of hydrogen-bond acceptors (Lipinski definition) is 6. The van der Waals surface area contributed by atoms with Crippen LogP contribution in [0.25, 0.3) is 32.6 Å². The molecule has 2 heterocycles. The van der Waals surface area contributed by atoms with Gasteiger partial charge in [-0.2, -0.15) is 0 Å². The average Bonchev–Trinajstić information content (AvgIpc) is 2.87. The average molecular weight is 475 g/mol. The summed E-state index contributed by atoms with van der Waals surface area (Å²) in [7, 11) is 4.21. The van der Waals surface area contributed by atoms with Crippen LogP contribution in [0.5, 0.6) is 0 Å². The number of pyridine rings is 2. The maximum absolute atomic E-state index is 5.72. The molecule has 6 heteroatoms. The van der Waals surface area contributed by atoms with Gasteiger partial charge < -0.3 is 21.3 Å². The van der Waals surface area contributed by atoms with Gasteiger partial charge in [-0.05, 0) is 71.1 Å². The predicted molar refractivity (Wildman–Crippen MR) is 154 cm³/mol. The fraction of sp³-hybridized carbons (Fsp3) is 0.448. The minimum atomic E-state index is 0.657. The number of hydrogen-bond donors (Lipinski definition) is 3. The first kappa shape index (κ1) is 26.6. The number of fused-ring (bicyclic) bond motifs is 5. The van der Waals surface area contributed by atoms with E-state index in [9.17, 15) is 0 Å². The Kier molecular flexibility index (Phi) is 9.64. The number of nitrogens with zero attached hydrogens (tertiary/aromatic N) is 3. The van der Waals surface area contributed by atoms with E-state index in [2.05, 4.69) is 79.9 Å². The van der Waals surface area contributed by atoms with Crippen molar-refractivity contribution in [3.05, 3.63) is 47.5 Å². The highest BCUT2D eigenvalue weighted by atomic mass is 15.1. The van der Waals surface area contributed by atoms with Crippen molar-refractivity contribution in [1.82, 2.24) is 14.9 Å². The lowest BCUT2D eigenvalue weighted by Gasteiger charge is -2.17. The van der Waals surface area contributed by atoms with Gasteiger partial charge in [-0.25, -0.2) is 9.97 Å². The van der Waals surface area contributed by atoms with Crippen LogP contribution in [0.4, 0.5) is 11.6 Å². The van der Waals surface area contributed by atoms with Gasteiger partial charge in [0.2, 0.25) is 0 Å². The predicted octanol–water partition coefficient (Wildman–Crippen LogP) is 5.96. The fourth-order valence-corrected chi connectivity index (χ4v) is 4.28. The first-order chi connectivity index (χ1) is 17.0. The normalized spacial score (nSPS) is 11.2. The van der Waals surface area contributed by atoms with Crippen LogP contribution >= 0.6 is 0 Å². The molecule has 6 nitrogen and oxygen atoms in total. The Morgan fingerprint density at radius 3 is 1.94 bits per heavy atom. The third-order valence-corrected chi connectivity index (χ3v) is 6.11. The SMILES string of the molecule is CC.CCc1ccc2c(c1)c(NCCCN(C)C)nc1c3ccc(C)cc3c(NCCCN)nc21. The summed E-state index contributed by atoms with van der Waals surface area (Å²) < 4.78 is 0. The van der Waals surface area contributed by atoms with Crippen LogP contribution in [-0.4, -0.2) is 55.1 Å². The lowest BCUT2D eigenvalue weighted by Crippen LogP contribution is -2.16. The molecule has 0 spiro atoms. The van der Waals surface area contributed by atoms with Crippen LogP contribution in [0.3, 0.4) is 0 Å². The smallest absolute Gasteiger partial charge is 0.134 e. The van der Waals surface area contributed by atoms with E-state index in [-0.39, 0.29) is 0 Å². The quantitative estimate of drug-likeness (QED) is 0.194. The molecular formula is C29H42N6. The number of aromatic nitrogens is 2. The summed E-state index contributed by atoms with van der Waals surface area (Å²) in [6, 6.07) is 13.2. The molecule has 0 saturated carbocycles. The van der Waals surface area contributed by atoms with Gasteiger partial charge >= 0.3 is 0 Å². The van der Waals surface area contributed by atoms with E-state index in [1.54, 1.807) is 0 Å². The molecule has 0 amide bonds. The zero-order valence-corrected chi connectivity index (χ0v) is 22.3. The van der Waals surface area contributed by atoms with Crippen LogP contribution in [0.2, 0.25) is 0 Å². The van der Waals surface area contributed by atoms with Gasteiger partial charge in [0.05, 0.1) is 11.0 Å². The molecule has 0 aliphatic carbocycles. The van der Waals surface area contributed by atoms with E-state index in [0.717, 1.165) is 83.1 Å². The Morgan fingerprint density at radius 1 is 0.800 bits per heavy atom. The highest BCUT2D eigenvalue weighted by Crippen LogP contribution is 2.36. The van der Waals surface area contributed by atoms with Gasteiger partial charge in [0.25, 0.3) is 0 Å². The molecule has 0 aliphatic heterocycles. The Balaban J connectivity index is 0.00000167. The Bertz CT molecular complexity index is 1260. The van der Waals surface area contributed by atoms with Crippen molar-refractivity contribution < 1.29 is 0 Å². The van der Waals surface area contributed by atoms with E-state index < -0.39 is 0 Å². The zero-order chi connectivity index (χ0) is 25.4. The summed E-state index contributed by atoms with van der Waals surface area (Å²) >= 11 is 0. The molecule has 2 aromatic carbocycles. The summed E-state index contributed by atoms with van der Waals surface area (Å²) in [4.78, 5) is 12.5. The summed E-state index contributed by atoms with van der Waals surface area (Å²) in [6.45, 7) is 11.7. The number of nitrogens with one attached hydrogen (secondary N) is 2. The first-order valence-electron chi connectivity index (χ1n) is 13.0. The summed E-state index contributed by atoms with van der Waals surface area (Å²) in [5, 5.41) is 11.7. The maximum Gasteiger partial charge on any atom is 0.134 e. The third kappa shape index (κ3) is 6.19. The highest BCUT2D eigenvalue weighted by Gasteiger charge is 2.16. The van der Waals surface area contributed by atoms with E-state index in [1.807, 2.05) is 13.8 Å². The molecule has 4 N–H and O–H groups in total. The van der Waals surface area contributed by atoms with Crippen molar-refractivity contribution in [1.29, 1.82) is 0 Å². The standard InChI is InChI=1S/C27H36N6.C2H6/c1-5-19-9-11-21-23(17-19)27(30-14-7-15-33(3)4)32-24-20-10-8-18(2)16-22(20)26(31-25(21)24)29-13-6-12-28;1-2/h8-11,16-17H,5-7,12-15,28H2,1-4H3,(H,29,31)(H,30,32);1-2H3. The minimum absolute atomic E-state index is 0.657. The molecule has 0 atom stereocenters. The summed E-state index contributed by atoms with van der Waals surface area (Å²) in [5.74, 6) is 1.85. The van der Waals surface area contributed by atoms with Crippen molar-refractivity contribution >= 4 is 44.2 Å². The molecule has 4 aromatic rings. The van der Waals surface area contributed by atoms with E-state index in [4.69, 9.17) is 15.7 Å². The summed E-state index contributed by atoms with van der Waals surface area (Å²) in [6.07, 6.45) is 2.95. The molecule has 4 rings (SSSR count). The lowest BCUT2D eigenvalue weighted by atomic mass is 10.0. The van der Waals surface area contributed by atoms with E-state index >= 15 is 0 Å². The zero-order valence-electron chi connectivity index (χ0n) is 22.3.